The lowest BCUT2D eigenvalue weighted by Crippen LogP contribution is -2.35. The molecule has 0 aromatic heterocycles. The number of hydrogen-bond acceptors (Lipinski definition) is 6. The number of dihydropyridines is 1. The molecular weight excluding hydrogens is 450 g/mol. The topological polar surface area (TPSA) is 73.9 Å². The van der Waals surface area contributed by atoms with Gasteiger partial charge in [0.05, 0.1) is 5.57 Å². The molecule has 4 aliphatic rings. The minimum absolute atomic E-state index is 0.0453. The maximum atomic E-state index is 13.3. The van der Waals surface area contributed by atoms with Crippen LogP contribution in [0.2, 0.25) is 0 Å². The molecule has 30 heavy (non-hydrogen) atoms. The Morgan fingerprint density at radius 2 is 1.87 bits per heavy atom. The van der Waals surface area contributed by atoms with Gasteiger partial charge in [-0.3, -0.25) is 4.79 Å². The maximum Gasteiger partial charge on any atom is 0.337 e. The van der Waals surface area contributed by atoms with Gasteiger partial charge in [-0.15, -0.1) is 0 Å². The third kappa shape index (κ3) is 3.33. The standard InChI is InChI=1S/C23H24BrNO5/c1-12-20(23(27)30-13-5-2-3-6-13)21(22-16(25-12)7-4-8-17(22)26)14-9-18-19(10-15(14)24)29-11-28-18/h9-10,13,21,25H,2-8,11H2,1H3/t21-/m1/s1. The normalized spacial score (nSPS) is 23.5. The Hall–Kier alpha value is -2.28. The Kier molecular flexibility index (Phi) is 5.09. The number of ether oxygens (including phenoxy) is 3. The van der Waals surface area contributed by atoms with Gasteiger partial charge in [-0.05, 0) is 63.1 Å². The number of ketones is 1. The summed E-state index contributed by atoms with van der Waals surface area (Å²) >= 11 is 3.64. The van der Waals surface area contributed by atoms with Crippen molar-refractivity contribution in [1.29, 1.82) is 0 Å². The Labute approximate surface area is 183 Å². The summed E-state index contributed by atoms with van der Waals surface area (Å²) in [6.07, 6.45) is 6.02. The molecule has 1 N–H and O–H groups in total. The first-order valence-electron chi connectivity index (χ1n) is 10.6. The molecule has 1 fully saturated rings. The molecule has 0 amide bonds. The summed E-state index contributed by atoms with van der Waals surface area (Å²) in [6, 6.07) is 3.73. The summed E-state index contributed by atoms with van der Waals surface area (Å²) in [6.45, 7) is 2.05. The highest BCUT2D eigenvalue weighted by molar-refractivity contribution is 9.10. The van der Waals surface area contributed by atoms with Crippen molar-refractivity contribution in [3.05, 3.63) is 44.7 Å². The van der Waals surface area contributed by atoms with Crippen molar-refractivity contribution in [3.8, 4) is 11.5 Å². The maximum absolute atomic E-state index is 13.3. The number of carbonyl (C=O) groups excluding carboxylic acids is 2. The molecule has 2 heterocycles. The van der Waals surface area contributed by atoms with Gasteiger partial charge < -0.3 is 19.5 Å². The lowest BCUT2D eigenvalue weighted by molar-refractivity contribution is -0.144. The lowest BCUT2D eigenvalue weighted by Gasteiger charge is -2.35. The van der Waals surface area contributed by atoms with Crippen molar-refractivity contribution < 1.29 is 23.8 Å². The molecule has 0 bridgehead atoms. The van der Waals surface area contributed by atoms with Crippen LogP contribution in [0.4, 0.5) is 0 Å². The van der Waals surface area contributed by atoms with E-state index in [1.54, 1.807) is 0 Å². The Bertz CT molecular complexity index is 990. The number of halogens is 1. The van der Waals surface area contributed by atoms with E-state index in [4.69, 9.17) is 14.2 Å². The molecule has 0 radical (unpaired) electrons. The average Bonchev–Trinajstić information content (AvgIpc) is 3.38. The Morgan fingerprint density at radius 1 is 1.13 bits per heavy atom. The summed E-state index contributed by atoms with van der Waals surface area (Å²) in [7, 11) is 0. The van der Waals surface area contributed by atoms with Gasteiger partial charge in [-0.2, -0.15) is 0 Å². The van der Waals surface area contributed by atoms with Gasteiger partial charge in [0.25, 0.3) is 0 Å². The smallest absolute Gasteiger partial charge is 0.337 e. The van der Waals surface area contributed by atoms with E-state index in [1.807, 2.05) is 19.1 Å². The van der Waals surface area contributed by atoms with Crippen LogP contribution in [-0.2, 0) is 14.3 Å². The molecule has 0 unspecified atom stereocenters. The Morgan fingerprint density at radius 3 is 2.63 bits per heavy atom. The van der Waals surface area contributed by atoms with Crippen molar-refractivity contribution in [2.75, 3.05) is 6.79 Å². The summed E-state index contributed by atoms with van der Waals surface area (Å²) < 4.78 is 17.7. The summed E-state index contributed by atoms with van der Waals surface area (Å²) in [5, 5.41) is 3.34. The first-order chi connectivity index (χ1) is 14.5. The number of esters is 1. The summed E-state index contributed by atoms with van der Waals surface area (Å²) in [5.41, 5.74) is 3.67. The fraction of sp³-hybridized carbons (Fsp3) is 0.478. The zero-order valence-corrected chi connectivity index (χ0v) is 18.5. The fourth-order valence-corrected chi connectivity index (χ4v) is 5.49. The average molecular weight is 474 g/mol. The lowest BCUT2D eigenvalue weighted by atomic mass is 9.75. The van der Waals surface area contributed by atoms with Crippen LogP contribution in [0.5, 0.6) is 11.5 Å². The molecule has 1 atom stereocenters. The first kappa shape index (κ1) is 19.7. The summed E-state index contributed by atoms with van der Waals surface area (Å²) in [4.78, 5) is 26.4. The number of hydrogen-bond donors (Lipinski definition) is 1. The van der Waals surface area contributed by atoms with Crippen LogP contribution in [-0.4, -0.2) is 24.6 Å². The van der Waals surface area contributed by atoms with Crippen LogP contribution < -0.4 is 14.8 Å². The quantitative estimate of drug-likeness (QED) is 0.644. The van der Waals surface area contributed by atoms with Crippen LogP contribution in [0.15, 0.2) is 39.1 Å². The zero-order chi connectivity index (χ0) is 20.8. The van der Waals surface area contributed by atoms with E-state index in [1.165, 1.54) is 0 Å². The molecule has 5 rings (SSSR count). The highest BCUT2D eigenvalue weighted by atomic mass is 79.9. The van der Waals surface area contributed by atoms with Gasteiger partial charge in [0, 0.05) is 33.8 Å². The molecule has 0 spiro atoms. The van der Waals surface area contributed by atoms with Gasteiger partial charge in [-0.25, -0.2) is 4.79 Å². The van der Waals surface area contributed by atoms with Crippen molar-refractivity contribution in [2.24, 2.45) is 0 Å². The number of nitrogens with one attached hydrogen (secondary N) is 1. The van der Waals surface area contributed by atoms with E-state index in [-0.39, 0.29) is 24.6 Å². The minimum Gasteiger partial charge on any atom is -0.459 e. The molecule has 1 saturated carbocycles. The molecule has 1 aromatic carbocycles. The van der Waals surface area contributed by atoms with Gasteiger partial charge in [0.1, 0.15) is 6.10 Å². The molecule has 2 aliphatic heterocycles. The van der Waals surface area contributed by atoms with Crippen LogP contribution in [0, 0.1) is 0 Å². The van der Waals surface area contributed by atoms with Crippen LogP contribution in [0.1, 0.15) is 63.4 Å². The molecular formula is C23H24BrNO5. The van der Waals surface area contributed by atoms with E-state index >= 15 is 0 Å². The summed E-state index contributed by atoms with van der Waals surface area (Å²) in [5.74, 6) is 0.521. The number of fused-ring (bicyclic) bond motifs is 1. The van der Waals surface area contributed by atoms with Crippen molar-refractivity contribution in [3.63, 3.8) is 0 Å². The molecule has 1 aromatic rings. The second kappa shape index (κ2) is 7.76. The monoisotopic (exact) mass is 473 g/mol. The predicted octanol–water partition coefficient (Wildman–Crippen LogP) is 4.63. The van der Waals surface area contributed by atoms with Gasteiger partial charge in [-0.1, -0.05) is 15.9 Å². The van der Waals surface area contributed by atoms with Crippen molar-refractivity contribution in [1.82, 2.24) is 5.32 Å². The molecule has 6 nitrogen and oxygen atoms in total. The minimum atomic E-state index is -0.494. The van der Waals surface area contributed by atoms with E-state index in [0.29, 0.717) is 29.1 Å². The number of Topliss-reactive ketones (excluding diaryl/α,β-unsaturated/α-hetero) is 1. The molecule has 158 valence electrons. The molecule has 0 saturated heterocycles. The fourth-order valence-electron chi connectivity index (χ4n) is 4.94. The van der Waals surface area contributed by atoms with E-state index in [0.717, 1.165) is 60.0 Å². The van der Waals surface area contributed by atoms with Crippen molar-refractivity contribution in [2.45, 2.75) is 63.9 Å². The number of carbonyl (C=O) groups is 2. The van der Waals surface area contributed by atoms with Gasteiger partial charge >= 0.3 is 5.97 Å². The zero-order valence-electron chi connectivity index (χ0n) is 16.9. The molecule has 7 heteroatoms. The highest BCUT2D eigenvalue weighted by Crippen LogP contribution is 2.48. The third-order valence-corrected chi connectivity index (χ3v) is 7.06. The van der Waals surface area contributed by atoms with Crippen LogP contribution in [0.25, 0.3) is 0 Å². The number of rotatable bonds is 3. The largest absolute Gasteiger partial charge is 0.459 e. The van der Waals surface area contributed by atoms with Crippen LogP contribution in [0.3, 0.4) is 0 Å². The molecule has 2 aliphatic carbocycles. The van der Waals surface area contributed by atoms with Crippen molar-refractivity contribution >= 4 is 27.7 Å². The SMILES string of the molecule is CC1=C(C(=O)OC2CCCC2)[C@@H](c2cc3c(cc2Br)OCO3)C2=C(CCCC2=O)N1. The second-order valence-electron chi connectivity index (χ2n) is 8.30. The highest BCUT2D eigenvalue weighted by Gasteiger charge is 2.41. The number of allylic oxidation sites excluding steroid dienone is 3. The predicted molar refractivity (Wildman–Crippen MR) is 113 cm³/mol. The number of benzene rings is 1. The van der Waals surface area contributed by atoms with Crippen LogP contribution >= 0.6 is 15.9 Å². The van der Waals surface area contributed by atoms with E-state index < -0.39 is 5.92 Å². The second-order valence-corrected chi connectivity index (χ2v) is 9.16. The van der Waals surface area contributed by atoms with Gasteiger partial charge in [0.2, 0.25) is 6.79 Å². The third-order valence-electron chi connectivity index (χ3n) is 6.37. The Balaban J connectivity index is 1.61. The van der Waals surface area contributed by atoms with E-state index in [9.17, 15) is 9.59 Å². The van der Waals surface area contributed by atoms with Gasteiger partial charge in [0.15, 0.2) is 17.3 Å². The van der Waals surface area contributed by atoms with E-state index in [2.05, 4.69) is 21.2 Å². The first-order valence-corrected chi connectivity index (χ1v) is 11.4.